The molecule has 1 unspecified atom stereocenters. The summed E-state index contributed by atoms with van der Waals surface area (Å²) in [4.78, 5) is 40.7. The van der Waals surface area contributed by atoms with Gasteiger partial charge in [-0.15, -0.1) is 0 Å². The molecule has 2 aromatic rings. The van der Waals surface area contributed by atoms with Crippen LogP contribution < -0.4 is 0 Å². The maximum Gasteiger partial charge on any atom is 0.261 e. The second-order valence-electron chi connectivity index (χ2n) is 6.47. The number of carbonyl (C=O) groups is 3. The number of rotatable bonds is 3. The number of fused-ring (bicyclic) bond motifs is 2. The summed E-state index contributed by atoms with van der Waals surface area (Å²) in [7, 11) is 0. The molecule has 4 rings (SSSR count). The van der Waals surface area contributed by atoms with E-state index in [1.807, 2.05) is 24.3 Å². The Kier molecular flexibility index (Phi) is 3.92. The molecule has 0 saturated carbocycles. The van der Waals surface area contributed by atoms with Crippen LogP contribution in [0.25, 0.3) is 0 Å². The number of amides is 3. The van der Waals surface area contributed by atoms with Crippen molar-refractivity contribution < 1.29 is 14.4 Å². The molecule has 2 aliphatic rings. The van der Waals surface area contributed by atoms with E-state index in [1.165, 1.54) is 11.0 Å². The van der Waals surface area contributed by atoms with Crippen LogP contribution >= 0.6 is 0 Å². The first-order valence-electron chi connectivity index (χ1n) is 8.58. The smallest absolute Gasteiger partial charge is 0.261 e. The van der Waals surface area contributed by atoms with Crippen molar-refractivity contribution in [2.45, 2.75) is 12.5 Å². The minimum atomic E-state index is -0.368. The van der Waals surface area contributed by atoms with Crippen LogP contribution in [-0.2, 0) is 11.2 Å². The lowest BCUT2D eigenvalue weighted by molar-refractivity contribution is -0.129. The van der Waals surface area contributed by atoms with Gasteiger partial charge in [-0.3, -0.25) is 19.3 Å². The summed E-state index contributed by atoms with van der Waals surface area (Å²) < 4.78 is 0. The van der Waals surface area contributed by atoms with E-state index in [-0.39, 0.29) is 30.3 Å². The number of carbonyl (C=O) groups excluding carboxylic acids is 3. The fraction of sp³-hybridized carbons (Fsp3) is 0.190. The van der Waals surface area contributed by atoms with Gasteiger partial charge in [0.05, 0.1) is 23.7 Å². The van der Waals surface area contributed by atoms with Crippen molar-refractivity contribution in [1.82, 2.24) is 9.80 Å². The van der Waals surface area contributed by atoms with E-state index in [9.17, 15) is 14.4 Å². The molecule has 130 valence electrons. The van der Waals surface area contributed by atoms with E-state index < -0.39 is 0 Å². The normalized spacial score (nSPS) is 18.5. The Balaban J connectivity index is 1.71. The summed E-state index contributed by atoms with van der Waals surface area (Å²) in [6.07, 6.45) is 2.03. The molecule has 2 aliphatic heterocycles. The number of imide groups is 1. The summed E-state index contributed by atoms with van der Waals surface area (Å²) in [5.41, 5.74) is 2.96. The van der Waals surface area contributed by atoms with Crippen molar-refractivity contribution in [3.8, 4) is 0 Å². The standard InChI is InChI=1S/C21H18N2O3/c1-2-19(24)22-12-11-14-7-3-4-8-15(14)18(22)13-23-20(25)16-9-5-6-10-17(16)21(23)26/h2-10,18H,1,11-13H2. The molecular weight excluding hydrogens is 328 g/mol. The predicted octanol–water partition coefficient (Wildman–Crippen LogP) is 2.59. The third kappa shape index (κ3) is 2.44. The number of nitrogens with zero attached hydrogens (tertiary/aromatic N) is 2. The molecule has 3 amide bonds. The van der Waals surface area contributed by atoms with E-state index >= 15 is 0 Å². The van der Waals surface area contributed by atoms with E-state index in [2.05, 4.69) is 6.58 Å². The van der Waals surface area contributed by atoms with Crippen molar-refractivity contribution in [2.24, 2.45) is 0 Å². The van der Waals surface area contributed by atoms with Gasteiger partial charge in [-0.05, 0) is 35.8 Å². The molecule has 0 radical (unpaired) electrons. The summed E-state index contributed by atoms with van der Waals surface area (Å²) in [5, 5.41) is 0. The van der Waals surface area contributed by atoms with Crippen molar-refractivity contribution in [3.63, 3.8) is 0 Å². The highest BCUT2D eigenvalue weighted by Crippen LogP contribution is 2.33. The maximum atomic E-state index is 12.7. The zero-order valence-corrected chi connectivity index (χ0v) is 14.2. The average molecular weight is 346 g/mol. The quantitative estimate of drug-likeness (QED) is 0.634. The summed E-state index contributed by atoms with van der Waals surface area (Å²) >= 11 is 0. The molecule has 0 bridgehead atoms. The van der Waals surface area contributed by atoms with Gasteiger partial charge in [-0.1, -0.05) is 43.0 Å². The molecule has 5 nitrogen and oxygen atoms in total. The molecule has 0 fully saturated rings. The molecule has 0 aromatic heterocycles. The van der Waals surface area contributed by atoms with Crippen LogP contribution in [0.3, 0.4) is 0 Å². The molecule has 2 aromatic carbocycles. The predicted molar refractivity (Wildman–Crippen MR) is 96.6 cm³/mol. The minimum absolute atomic E-state index is 0.142. The molecule has 1 atom stereocenters. The summed E-state index contributed by atoms with van der Waals surface area (Å²) in [6, 6.07) is 14.3. The third-order valence-corrected chi connectivity index (χ3v) is 5.10. The van der Waals surface area contributed by atoms with Gasteiger partial charge in [0.15, 0.2) is 0 Å². The van der Waals surface area contributed by atoms with E-state index in [0.29, 0.717) is 17.7 Å². The molecule has 0 N–H and O–H groups in total. The van der Waals surface area contributed by atoms with E-state index in [1.54, 1.807) is 29.2 Å². The number of hydrogen-bond acceptors (Lipinski definition) is 3. The lowest BCUT2D eigenvalue weighted by atomic mass is 9.92. The SMILES string of the molecule is C=CC(=O)N1CCc2ccccc2C1CN1C(=O)c2ccccc2C1=O. The van der Waals surface area contributed by atoms with Gasteiger partial charge in [-0.2, -0.15) is 0 Å². The zero-order chi connectivity index (χ0) is 18.3. The van der Waals surface area contributed by atoms with Crippen molar-refractivity contribution in [2.75, 3.05) is 13.1 Å². The Morgan fingerprint density at radius 1 is 1.04 bits per heavy atom. The van der Waals surface area contributed by atoms with Gasteiger partial charge in [0, 0.05) is 6.54 Å². The second kappa shape index (κ2) is 6.26. The molecule has 5 heteroatoms. The Morgan fingerprint density at radius 3 is 2.31 bits per heavy atom. The zero-order valence-electron chi connectivity index (χ0n) is 14.2. The van der Waals surface area contributed by atoms with Crippen LogP contribution in [0.4, 0.5) is 0 Å². The minimum Gasteiger partial charge on any atom is -0.330 e. The molecular formula is C21H18N2O3. The Morgan fingerprint density at radius 2 is 1.65 bits per heavy atom. The number of hydrogen-bond donors (Lipinski definition) is 0. The monoisotopic (exact) mass is 346 g/mol. The lowest BCUT2D eigenvalue weighted by Crippen LogP contribution is -2.46. The molecule has 2 heterocycles. The van der Waals surface area contributed by atoms with Crippen LogP contribution in [0.15, 0.2) is 61.2 Å². The van der Waals surface area contributed by atoms with Gasteiger partial charge in [-0.25, -0.2) is 0 Å². The first-order valence-corrected chi connectivity index (χ1v) is 8.58. The van der Waals surface area contributed by atoms with Crippen LogP contribution in [-0.4, -0.2) is 40.6 Å². The van der Waals surface area contributed by atoms with Crippen LogP contribution in [0.1, 0.15) is 37.9 Å². The van der Waals surface area contributed by atoms with Gasteiger partial charge in [0.25, 0.3) is 11.8 Å². The Hall–Kier alpha value is -3.21. The maximum absolute atomic E-state index is 12.7. The summed E-state index contributed by atoms with van der Waals surface area (Å²) in [5.74, 6) is -0.805. The van der Waals surface area contributed by atoms with Crippen molar-refractivity contribution in [1.29, 1.82) is 0 Å². The fourth-order valence-electron chi connectivity index (χ4n) is 3.81. The molecule has 26 heavy (non-hydrogen) atoms. The highest BCUT2D eigenvalue weighted by molar-refractivity contribution is 6.21. The molecule has 0 spiro atoms. The highest BCUT2D eigenvalue weighted by Gasteiger charge is 2.39. The summed E-state index contributed by atoms with van der Waals surface area (Å²) in [6.45, 7) is 4.26. The first-order chi connectivity index (χ1) is 12.6. The largest absolute Gasteiger partial charge is 0.330 e. The Labute approximate surface area is 151 Å². The fourth-order valence-corrected chi connectivity index (χ4v) is 3.81. The highest BCUT2D eigenvalue weighted by atomic mass is 16.2. The number of benzene rings is 2. The van der Waals surface area contributed by atoms with Gasteiger partial charge in [0.2, 0.25) is 5.91 Å². The molecule has 0 saturated heterocycles. The van der Waals surface area contributed by atoms with Gasteiger partial charge < -0.3 is 4.90 Å². The van der Waals surface area contributed by atoms with Crippen molar-refractivity contribution in [3.05, 3.63) is 83.4 Å². The van der Waals surface area contributed by atoms with Crippen LogP contribution in [0, 0.1) is 0 Å². The van der Waals surface area contributed by atoms with Crippen molar-refractivity contribution >= 4 is 17.7 Å². The van der Waals surface area contributed by atoms with Gasteiger partial charge >= 0.3 is 0 Å². The van der Waals surface area contributed by atoms with E-state index in [4.69, 9.17) is 0 Å². The van der Waals surface area contributed by atoms with Crippen LogP contribution in [0.5, 0.6) is 0 Å². The van der Waals surface area contributed by atoms with E-state index in [0.717, 1.165) is 17.5 Å². The topological polar surface area (TPSA) is 57.7 Å². The molecule has 0 aliphatic carbocycles. The first kappa shape index (κ1) is 16.3. The van der Waals surface area contributed by atoms with Crippen LogP contribution in [0.2, 0.25) is 0 Å². The third-order valence-electron chi connectivity index (χ3n) is 5.10. The lowest BCUT2D eigenvalue weighted by Gasteiger charge is -2.38. The Bertz CT molecular complexity index is 899. The average Bonchev–Trinajstić information content (AvgIpc) is 2.93. The van der Waals surface area contributed by atoms with Gasteiger partial charge in [0.1, 0.15) is 0 Å². The second-order valence-corrected chi connectivity index (χ2v) is 6.47.